The van der Waals surface area contributed by atoms with Crippen LogP contribution in [0.4, 0.5) is 5.69 Å². The van der Waals surface area contributed by atoms with E-state index >= 15 is 0 Å². The van der Waals surface area contributed by atoms with Crippen LogP contribution in [0, 0.1) is 0 Å². The fraction of sp³-hybridized carbons (Fsp3) is 0.524. The number of rotatable bonds is 10. The van der Waals surface area contributed by atoms with E-state index in [1.54, 1.807) is 25.3 Å². The Morgan fingerprint density at radius 2 is 2.10 bits per heavy atom. The SMILES string of the molecule is CCC[C@H](NC(=O)CNC(=O)[C@@H](C)N=CCC1c2ccc(O)cc2NC1C)C(N)=O. The molecule has 4 atom stereocenters. The maximum absolute atomic E-state index is 12.2. The fourth-order valence-corrected chi connectivity index (χ4v) is 3.47. The Balaban J connectivity index is 1.81. The van der Waals surface area contributed by atoms with Crippen LogP contribution in [0.3, 0.4) is 0 Å². The molecule has 0 aliphatic carbocycles. The van der Waals surface area contributed by atoms with Gasteiger partial charge in [-0.15, -0.1) is 0 Å². The van der Waals surface area contributed by atoms with Gasteiger partial charge in [0.25, 0.3) is 0 Å². The molecule has 2 rings (SSSR count). The Hall–Kier alpha value is -3.10. The minimum absolute atomic E-state index is 0.183. The van der Waals surface area contributed by atoms with Gasteiger partial charge in [-0.2, -0.15) is 0 Å². The van der Waals surface area contributed by atoms with E-state index in [1.807, 2.05) is 13.0 Å². The number of nitrogens with two attached hydrogens (primary N) is 1. The average molecular weight is 418 g/mol. The number of aliphatic imine (C=N–C) groups is 1. The maximum Gasteiger partial charge on any atom is 0.244 e. The first-order chi connectivity index (χ1) is 14.2. The quantitative estimate of drug-likeness (QED) is 0.361. The maximum atomic E-state index is 12.2. The molecular formula is C21H31N5O4. The largest absolute Gasteiger partial charge is 0.508 e. The van der Waals surface area contributed by atoms with Crippen LogP contribution < -0.4 is 21.7 Å². The standard InChI is InChI=1S/C21H31N5O4/c1-4-5-17(20(22)29)26-19(28)11-24-21(30)13(3)23-9-8-15-12(2)25-18-10-14(27)6-7-16(15)18/h6-7,9-10,12-13,15,17,25,27H,4-5,8,11H2,1-3H3,(H2,22,29)(H,24,30)(H,26,28)/t12?,13-,15?,17+/m1/s1. The predicted octanol–water partition coefficient (Wildman–Crippen LogP) is 1.03. The van der Waals surface area contributed by atoms with Gasteiger partial charge in [0.15, 0.2) is 0 Å². The first-order valence-corrected chi connectivity index (χ1v) is 10.2. The lowest BCUT2D eigenvalue weighted by atomic mass is 9.93. The van der Waals surface area contributed by atoms with Crippen molar-refractivity contribution in [2.24, 2.45) is 10.7 Å². The number of aromatic hydroxyl groups is 1. The van der Waals surface area contributed by atoms with Crippen LogP contribution >= 0.6 is 0 Å². The van der Waals surface area contributed by atoms with E-state index < -0.39 is 23.9 Å². The summed E-state index contributed by atoms with van der Waals surface area (Å²) in [4.78, 5) is 39.7. The first kappa shape index (κ1) is 23.2. The van der Waals surface area contributed by atoms with E-state index in [2.05, 4.69) is 27.9 Å². The van der Waals surface area contributed by atoms with Crippen LogP contribution in [-0.4, -0.2) is 53.7 Å². The normalized spacial score (nSPS) is 19.6. The molecule has 6 N–H and O–H groups in total. The van der Waals surface area contributed by atoms with E-state index in [0.717, 1.165) is 11.3 Å². The number of nitrogens with zero attached hydrogens (tertiary/aromatic N) is 1. The van der Waals surface area contributed by atoms with Crippen molar-refractivity contribution < 1.29 is 19.5 Å². The Labute approximate surface area is 176 Å². The molecular weight excluding hydrogens is 386 g/mol. The first-order valence-electron chi connectivity index (χ1n) is 10.2. The van der Waals surface area contributed by atoms with Gasteiger partial charge in [-0.3, -0.25) is 19.4 Å². The van der Waals surface area contributed by atoms with Crippen LogP contribution in [0.25, 0.3) is 0 Å². The molecule has 164 valence electrons. The van der Waals surface area contributed by atoms with Crippen LogP contribution in [0.2, 0.25) is 0 Å². The lowest BCUT2D eigenvalue weighted by Crippen LogP contribution is -2.48. The number of anilines is 1. The third-order valence-corrected chi connectivity index (χ3v) is 5.17. The molecule has 1 aliphatic heterocycles. The number of carbonyl (C=O) groups is 3. The third-order valence-electron chi connectivity index (χ3n) is 5.17. The third kappa shape index (κ3) is 6.20. The zero-order chi connectivity index (χ0) is 22.3. The van der Waals surface area contributed by atoms with E-state index in [-0.39, 0.29) is 30.2 Å². The number of amides is 3. The summed E-state index contributed by atoms with van der Waals surface area (Å²) in [7, 11) is 0. The van der Waals surface area contributed by atoms with Crippen molar-refractivity contribution in [3.63, 3.8) is 0 Å². The Morgan fingerprint density at radius 1 is 1.37 bits per heavy atom. The molecule has 1 aliphatic rings. The van der Waals surface area contributed by atoms with Crippen molar-refractivity contribution in [1.82, 2.24) is 10.6 Å². The minimum atomic E-state index is -0.735. The van der Waals surface area contributed by atoms with Gasteiger partial charge in [0.2, 0.25) is 17.7 Å². The van der Waals surface area contributed by atoms with Gasteiger partial charge in [0.1, 0.15) is 17.8 Å². The summed E-state index contributed by atoms with van der Waals surface area (Å²) < 4.78 is 0. The predicted molar refractivity (Wildman–Crippen MR) is 116 cm³/mol. The second kappa shape index (κ2) is 10.6. The minimum Gasteiger partial charge on any atom is -0.508 e. The van der Waals surface area contributed by atoms with Gasteiger partial charge in [-0.25, -0.2) is 0 Å². The molecule has 2 unspecified atom stereocenters. The van der Waals surface area contributed by atoms with Crippen molar-refractivity contribution in [2.45, 2.75) is 64.1 Å². The molecule has 0 fully saturated rings. The summed E-state index contributed by atoms with van der Waals surface area (Å²) in [5.41, 5.74) is 7.27. The highest BCUT2D eigenvalue weighted by Crippen LogP contribution is 2.39. The number of phenols is 1. The summed E-state index contributed by atoms with van der Waals surface area (Å²) in [5, 5.41) is 18.0. The number of fused-ring (bicyclic) bond motifs is 1. The molecule has 1 aromatic carbocycles. The number of benzene rings is 1. The molecule has 1 aromatic rings. The number of hydrogen-bond acceptors (Lipinski definition) is 6. The number of primary amides is 1. The summed E-state index contributed by atoms with van der Waals surface area (Å²) in [6.45, 7) is 5.35. The molecule has 0 aromatic heterocycles. The van der Waals surface area contributed by atoms with E-state index in [9.17, 15) is 19.5 Å². The molecule has 0 spiro atoms. The second-order valence-electron chi connectivity index (χ2n) is 7.58. The monoisotopic (exact) mass is 417 g/mol. The molecule has 0 radical (unpaired) electrons. The molecule has 1 heterocycles. The highest BCUT2D eigenvalue weighted by molar-refractivity contribution is 5.90. The average Bonchev–Trinajstić information content (AvgIpc) is 2.99. The smallest absolute Gasteiger partial charge is 0.244 e. The van der Waals surface area contributed by atoms with Gasteiger partial charge in [0, 0.05) is 29.9 Å². The van der Waals surface area contributed by atoms with E-state index in [4.69, 9.17) is 5.73 Å². The van der Waals surface area contributed by atoms with Gasteiger partial charge in [0.05, 0.1) is 6.54 Å². The van der Waals surface area contributed by atoms with Crippen molar-refractivity contribution in [3.05, 3.63) is 23.8 Å². The van der Waals surface area contributed by atoms with E-state index in [1.165, 1.54) is 0 Å². The molecule has 30 heavy (non-hydrogen) atoms. The van der Waals surface area contributed by atoms with Crippen molar-refractivity contribution in [2.75, 3.05) is 11.9 Å². The molecule has 0 saturated carbocycles. The number of hydrogen-bond donors (Lipinski definition) is 5. The van der Waals surface area contributed by atoms with Gasteiger partial charge in [-0.1, -0.05) is 19.4 Å². The Kier molecular flexibility index (Phi) is 8.20. The lowest BCUT2D eigenvalue weighted by molar-refractivity contribution is -0.129. The van der Waals surface area contributed by atoms with Crippen LogP contribution in [0.5, 0.6) is 5.75 Å². The van der Waals surface area contributed by atoms with E-state index in [0.29, 0.717) is 19.3 Å². The van der Waals surface area contributed by atoms with Crippen molar-refractivity contribution in [3.8, 4) is 5.75 Å². The molecule has 0 saturated heterocycles. The highest BCUT2D eigenvalue weighted by atomic mass is 16.3. The number of carbonyl (C=O) groups excluding carboxylic acids is 3. The zero-order valence-corrected chi connectivity index (χ0v) is 17.6. The van der Waals surface area contributed by atoms with Crippen molar-refractivity contribution >= 4 is 29.6 Å². The van der Waals surface area contributed by atoms with Gasteiger partial charge in [-0.05, 0) is 38.3 Å². The second-order valence-corrected chi connectivity index (χ2v) is 7.58. The molecule has 9 nitrogen and oxygen atoms in total. The lowest BCUT2D eigenvalue weighted by Gasteiger charge is -2.15. The van der Waals surface area contributed by atoms with Crippen LogP contribution in [0.15, 0.2) is 23.2 Å². The van der Waals surface area contributed by atoms with Crippen LogP contribution in [0.1, 0.15) is 51.5 Å². The summed E-state index contributed by atoms with van der Waals surface area (Å²) in [5.74, 6) is -1.04. The molecule has 0 bridgehead atoms. The Morgan fingerprint density at radius 3 is 2.77 bits per heavy atom. The van der Waals surface area contributed by atoms with Gasteiger partial charge < -0.3 is 26.8 Å². The number of nitrogens with one attached hydrogen (secondary N) is 3. The zero-order valence-electron chi connectivity index (χ0n) is 17.6. The van der Waals surface area contributed by atoms with Crippen molar-refractivity contribution in [1.29, 1.82) is 0 Å². The summed E-state index contributed by atoms with van der Waals surface area (Å²) >= 11 is 0. The fourth-order valence-electron chi connectivity index (χ4n) is 3.47. The van der Waals surface area contributed by atoms with Crippen LogP contribution in [-0.2, 0) is 14.4 Å². The Bertz CT molecular complexity index is 811. The highest BCUT2D eigenvalue weighted by Gasteiger charge is 2.28. The summed E-state index contributed by atoms with van der Waals surface area (Å²) in [6.07, 6.45) is 3.51. The molecule has 9 heteroatoms. The topological polar surface area (TPSA) is 146 Å². The number of phenolic OH excluding ortho intramolecular Hbond substituents is 1. The summed E-state index contributed by atoms with van der Waals surface area (Å²) in [6, 6.07) is 4.06. The van der Waals surface area contributed by atoms with Gasteiger partial charge >= 0.3 is 0 Å². The molecule has 3 amide bonds.